The van der Waals surface area contributed by atoms with Crippen LogP contribution in [-0.2, 0) is 0 Å². The fourth-order valence-electron chi connectivity index (χ4n) is 1.41. The van der Waals surface area contributed by atoms with Crippen LogP contribution in [0.2, 0.25) is 0 Å². The van der Waals surface area contributed by atoms with E-state index in [0.717, 1.165) is 5.69 Å². The van der Waals surface area contributed by atoms with E-state index < -0.39 is 0 Å². The molecule has 1 aromatic rings. The Morgan fingerprint density at radius 3 is 2.94 bits per heavy atom. The lowest BCUT2D eigenvalue weighted by atomic mass is 10.2. The van der Waals surface area contributed by atoms with Crippen LogP contribution < -0.4 is 15.4 Å². The maximum absolute atomic E-state index is 5.53. The highest BCUT2D eigenvalue weighted by Gasteiger charge is 2.11. The van der Waals surface area contributed by atoms with Crippen LogP contribution in [0.15, 0.2) is 18.3 Å². The Balaban J connectivity index is 2.78. The lowest BCUT2D eigenvalue weighted by Crippen LogP contribution is -2.32. The smallest absolute Gasteiger partial charge is 0.214 e. The lowest BCUT2D eigenvalue weighted by Gasteiger charge is -2.26. The summed E-state index contributed by atoms with van der Waals surface area (Å²) in [6.45, 7) is 2.08. The maximum Gasteiger partial charge on any atom is 0.214 e. The van der Waals surface area contributed by atoms with Gasteiger partial charge >= 0.3 is 0 Å². The van der Waals surface area contributed by atoms with E-state index in [2.05, 4.69) is 16.8 Å². The summed E-state index contributed by atoms with van der Waals surface area (Å²) in [4.78, 5) is 6.69. The van der Waals surface area contributed by atoms with Crippen LogP contribution in [0.5, 0.6) is 5.88 Å². The van der Waals surface area contributed by atoms with Crippen molar-refractivity contribution in [2.75, 3.05) is 19.1 Å². The zero-order valence-electron chi connectivity index (χ0n) is 9.80. The molecule has 1 unspecified atom stereocenters. The van der Waals surface area contributed by atoms with Gasteiger partial charge in [0.2, 0.25) is 5.88 Å². The predicted octanol–water partition coefficient (Wildman–Crippen LogP) is 1.59. The molecule has 1 atom stereocenters. The molecule has 0 aliphatic rings. The molecular weight excluding hydrogens is 222 g/mol. The molecule has 0 aliphatic heterocycles. The van der Waals surface area contributed by atoms with Crippen LogP contribution >= 0.6 is 12.2 Å². The van der Waals surface area contributed by atoms with Crippen molar-refractivity contribution in [3.05, 3.63) is 18.3 Å². The number of nitrogens with two attached hydrogens (primary N) is 1. The van der Waals surface area contributed by atoms with Gasteiger partial charge in [-0.1, -0.05) is 12.2 Å². The number of pyridine rings is 1. The molecule has 2 N–H and O–H groups in total. The molecule has 0 aromatic carbocycles. The monoisotopic (exact) mass is 239 g/mol. The number of aromatic nitrogens is 1. The summed E-state index contributed by atoms with van der Waals surface area (Å²) in [5, 5.41) is 0. The number of hydrogen-bond donors (Lipinski definition) is 1. The fraction of sp³-hybridized carbons (Fsp3) is 0.455. The van der Waals surface area contributed by atoms with E-state index in [1.807, 2.05) is 19.2 Å². The van der Waals surface area contributed by atoms with Crippen LogP contribution in [0, 0.1) is 0 Å². The third-order valence-corrected chi connectivity index (χ3v) is 2.66. The summed E-state index contributed by atoms with van der Waals surface area (Å²) in [5.74, 6) is 0.604. The number of ether oxygens (including phenoxy) is 1. The van der Waals surface area contributed by atoms with Gasteiger partial charge in [-0.2, -0.15) is 0 Å². The SMILES string of the molecule is COc1cc(N(C)C(C)CC(N)=S)ccn1. The maximum atomic E-state index is 5.53. The number of methoxy groups -OCH3 is 1. The molecule has 88 valence electrons. The third kappa shape index (κ3) is 3.34. The van der Waals surface area contributed by atoms with Gasteiger partial charge in [0.15, 0.2) is 0 Å². The molecule has 1 heterocycles. The summed E-state index contributed by atoms with van der Waals surface area (Å²) in [5.41, 5.74) is 6.57. The molecule has 0 saturated heterocycles. The van der Waals surface area contributed by atoms with E-state index in [1.54, 1.807) is 13.3 Å². The first kappa shape index (κ1) is 12.7. The van der Waals surface area contributed by atoms with Gasteiger partial charge < -0.3 is 15.4 Å². The first-order valence-electron chi connectivity index (χ1n) is 5.05. The van der Waals surface area contributed by atoms with Crippen LogP contribution in [0.1, 0.15) is 13.3 Å². The molecule has 1 aromatic heterocycles. The summed E-state index contributed by atoms with van der Waals surface area (Å²) in [6.07, 6.45) is 2.41. The van der Waals surface area contributed by atoms with Crippen LogP contribution in [0.3, 0.4) is 0 Å². The average Bonchev–Trinajstić information content (AvgIpc) is 2.27. The quantitative estimate of drug-likeness (QED) is 0.791. The van der Waals surface area contributed by atoms with E-state index >= 15 is 0 Å². The van der Waals surface area contributed by atoms with Crippen LogP contribution in [0.4, 0.5) is 5.69 Å². The molecule has 4 nitrogen and oxygen atoms in total. The number of rotatable bonds is 5. The summed E-state index contributed by atoms with van der Waals surface area (Å²) in [7, 11) is 3.60. The Morgan fingerprint density at radius 1 is 1.69 bits per heavy atom. The molecule has 0 spiro atoms. The third-order valence-electron chi connectivity index (χ3n) is 2.49. The number of nitrogens with zero attached hydrogens (tertiary/aromatic N) is 2. The average molecular weight is 239 g/mol. The standard InChI is InChI=1S/C11H17N3OS/c1-8(6-10(12)16)14(2)9-4-5-13-11(7-9)15-3/h4-5,7-8H,6H2,1-3H3,(H2,12,16). The highest BCUT2D eigenvalue weighted by Crippen LogP contribution is 2.20. The molecule has 0 amide bonds. The minimum atomic E-state index is 0.254. The van der Waals surface area contributed by atoms with Gasteiger partial charge in [-0.05, 0) is 13.0 Å². The Hall–Kier alpha value is -1.36. The van der Waals surface area contributed by atoms with Crippen molar-refractivity contribution in [2.24, 2.45) is 5.73 Å². The van der Waals surface area contributed by atoms with Gasteiger partial charge in [-0.15, -0.1) is 0 Å². The van der Waals surface area contributed by atoms with Crippen molar-refractivity contribution in [2.45, 2.75) is 19.4 Å². The molecule has 0 fully saturated rings. The molecular formula is C11H17N3OS. The van der Waals surface area contributed by atoms with Crippen molar-refractivity contribution in [3.8, 4) is 5.88 Å². The topological polar surface area (TPSA) is 51.4 Å². The van der Waals surface area contributed by atoms with E-state index in [1.165, 1.54) is 0 Å². The van der Waals surface area contributed by atoms with Crippen molar-refractivity contribution in [1.82, 2.24) is 4.98 Å². The van der Waals surface area contributed by atoms with Gasteiger partial charge in [0.1, 0.15) is 0 Å². The van der Waals surface area contributed by atoms with E-state index in [-0.39, 0.29) is 6.04 Å². The highest BCUT2D eigenvalue weighted by molar-refractivity contribution is 7.80. The second-order valence-corrected chi connectivity index (χ2v) is 4.21. The number of thiocarbonyl (C=S) groups is 1. The van der Waals surface area contributed by atoms with E-state index in [9.17, 15) is 0 Å². The second-order valence-electron chi connectivity index (χ2n) is 3.69. The molecule has 16 heavy (non-hydrogen) atoms. The molecule has 0 radical (unpaired) electrons. The van der Waals surface area contributed by atoms with Gasteiger partial charge in [0.05, 0.1) is 12.1 Å². The minimum absolute atomic E-state index is 0.254. The summed E-state index contributed by atoms with van der Waals surface area (Å²) < 4.78 is 5.08. The summed E-state index contributed by atoms with van der Waals surface area (Å²) >= 11 is 4.90. The zero-order chi connectivity index (χ0) is 12.1. The molecule has 5 heteroatoms. The zero-order valence-corrected chi connectivity index (χ0v) is 10.6. The predicted molar refractivity (Wildman–Crippen MR) is 70.1 cm³/mol. The molecule has 0 saturated carbocycles. The molecule has 0 aliphatic carbocycles. The lowest BCUT2D eigenvalue weighted by molar-refractivity contribution is 0.398. The van der Waals surface area contributed by atoms with Crippen molar-refractivity contribution in [3.63, 3.8) is 0 Å². The van der Waals surface area contributed by atoms with Gasteiger partial charge in [0.25, 0.3) is 0 Å². The van der Waals surface area contributed by atoms with E-state index in [0.29, 0.717) is 17.3 Å². The van der Waals surface area contributed by atoms with Gasteiger partial charge in [-0.3, -0.25) is 0 Å². The largest absolute Gasteiger partial charge is 0.481 e. The van der Waals surface area contributed by atoms with Crippen molar-refractivity contribution in [1.29, 1.82) is 0 Å². The van der Waals surface area contributed by atoms with Crippen LogP contribution in [-0.4, -0.2) is 30.2 Å². The Labute approximate surface area is 101 Å². The Morgan fingerprint density at radius 2 is 2.38 bits per heavy atom. The number of anilines is 1. The fourth-order valence-corrected chi connectivity index (χ4v) is 1.65. The highest BCUT2D eigenvalue weighted by atomic mass is 32.1. The summed E-state index contributed by atoms with van der Waals surface area (Å²) in [6, 6.07) is 4.07. The molecule has 1 rings (SSSR count). The molecule has 0 bridgehead atoms. The Kier molecular flexibility index (Phi) is 4.49. The van der Waals surface area contributed by atoms with Gasteiger partial charge in [-0.25, -0.2) is 4.98 Å². The normalized spacial score (nSPS) is 11.9. The first-order valence-corrected chi connectivity index (χ1v) is 5.46. The van der Waals surface area contributed by atoms with Gasteiger partial charge in [0, 0.05) is 37.5 Å². The Bertz CT molecular complexity index is 370. The second kappa shape index (κ2) is 5.65. The minimum Gasteiger partial charge on any atom is -0.481 e. The first-order chi connectivity index (χ1) is 7.54. The van der Waals surface area contributed by atoms with Crippen molar-refractivity contribution >= 4 is 22.9 Å². The van der Waals surface area contributed by atoms with Crippen LogP contribution in [0.25, 0.3) is 0 Å². The number of hydrogen-bond acceptors (Lipinski definition) is 4. The van der Waals surface area contributed by atoms with Crippen molar-refractivity contribution < 1.29 is 4.74 Å². The van der Waals surface area contributed by atoms with E-state index in [4.69, 9.17) is 22.7 Å².